The van der Waals surface area contributed by atoms with Crippen molar-refractivity contribution >= 4 is 23.3 Å². The van der Waals surface area contributed by atoms with E-state index in [0.29, 0.717) is 29.5 Å². The summed E-state index contributed by atoms with van der Waals surface area (Å²) in [5, 5.41) is 5.65. The van der Waals surface area contributed by atoms with Crippen LogP contribution in [0.25, 0.3) is 0 Å². The van der Waals surface area contributed by atoms with E-state index >= 15 is 0 Å². The average Bonchev–Trinajstić information content (AvgIpc) is 2.26. The highest BCUT2D eigenvalue weighted by Crippen LogP contribution is 2.26. The molecule has 16 heavy (non-hydrogen) atoms. The molecule has 0 aromatic heterocycles. The van der Waals surface area contributed by atoms with E-state index in [4.69, 9.17) is 22.1 Å². The maximum Gasteiger partial charge on any atom is 0.319 e. The molecule has 0 saturated carbocycles. The first kappa shape index (κ1) is 12.6. The van der Waals surface area contributed by atoms with Crippen molar-refractivity contribution in [2.75, 3.05) is 25.5 Å². The molecule has 1 aromatic carbocycles. The molecule has 1 rings (SSSR count). The molecule has 0 bridgehead atoms. The normalized spacial score (nSPS) is 9.69. The number of carbonyl (C=O) groups excluding carboxylic acids is 1. The van der Waals surface area contributed by atoms with Gasteiger partial charge in [0, 0.05) is 18.8 Å². The van der Waals surface area contributed by atoms with Crippen LogP contribution in [-0.4, -0.2) is 26.2 Å². The maximum atomic E-state index is 11.3. The van der Waals surface area contributed by atoms with Crippen LogP contribution in [0.1, 0.15) is 0 Å². The van der Waals surface area contributed by atoms with Gasteiger partial charge >= 0.3 is 6.03 Å². The number of carbonyl (C=O) groups is 1. The topological polar surface area (TPSA) is 76.4 Å². The first-order valence-corrected chi connectivity index (χ1v) is 5.13. The summed E-state index contributed by atoms with van der Waals surface area (Å²) >= 11 is 5.90. The number of amides is 2. The maximum absolute atomic E-state index is 11.3. The van der Waals surface area contributed by atoms with Gasteiger partial charge in [-0.2, -0.15) is 0 Å². The molecule has 2 amide bonds. The lowest BCUT2D eigenvalue weighted by Crippen LogP contribution is -2.32. The number of nitrogens with two attached hydrogens (primary N) is 1. The number of rotatable bonds is 4. The summed E-state index contributed by atoms with van der Waals surface area (Å²) < 4.78 is 4.99. The van der Waals surface area contributed by atoms with E-state index in [0.717, 1.165) is 0 Å². The minimum atomic E-state index is -0.313. The predicted molar refractivity (Wildman–Crippen MR) is 64.1 cm³/mol. The summed E-state index contributed by atoms with van der Waals surface area (Å²) in [4.78, 5) is 11.3. The molecule has 1 aromatic rings. The fraction of sp³-hybridized carbons (Fsp3) is 0.300. The smallest absolute Gasteiger partial charge is 0.319 e. The number of hydrogen-bond donors (Lipinski definition) is 3. The Morgan fingerprint density at radius 3 is 2.88 bits per heavy atom. The molecule has 0 aliphatic carbocycles. The molecule has 0 heterocycles. The number of methoxy groups -OCH3 is 1. The third-order valence-corrected chi connectivity index (χ3v) is 2.13. The Labute approximate surface area is 98.9 Å². The van der Waals surface area contributed by atoms with Crippen molar-refractivity contribution in [3.63, 3.8) is 0 Å². The van der Waals surface area contributed by atoms with E-state index in [1.165, 1.54) is 7.11 Å². The summed E-state index contributed by atoms with van der Waals surface area (Å²) in [5.41, 5.74) is 5.85. The van der Waals surface area contributed by atoms with Gasteiger partial charge in [-0.05, 0) is 18.2 Å². The third kappa shape index (κ3) is 3.60. The standard InChI is InChI=1S/C10H14ClN3O2/c1-16-9-3-2-7(6-8(9)11)14-10(15)13-5-4-12/h2-3,6H,4-5,12H2,1H3,(H2,13,14,15). The van der Waals surface area contributed by atoms with Crippen LogP contribution in [0, 0.1) is 0 Å². The van der Waals surface area contributed by atoms with E-state index in [2.05, 4.69) is 10.6 Å². The van der Waals surface area contributed by atoms with Gasteiger partial charge in [0.1, 0.15) is 5.75 Å². The molecule has 0 aliphatic heterocycles. The summed E-state index contributed by atoms with van der Waals surface area (Å²) in [6.07, 6.45) is 0. The monoisotopic (exact) mass is 243 g/mol. The fourth-order valence-electron chi connectivity index (χ4n) is 1.11. The van der Waals surface area contributed by atoms with Crippen LogP contribution in [0.2, 0.25) is 5.02 Å². The van der Waals surface area contributed by atoms with Crippen molar-refractivity contribution in [2.45, 2.75) is 0 Å². The molecule has 0 radical (unpaired) electrons. The van der Waals surface area contributed by atoms with Crippen molar-refractivity contribution in [3.05, 3.63) is 23.2 Å². The summed E-state index contributed by atoms with van der Waals surface area (Å²) in [5.74, 6) is 0.564. The number of nitrogens with one attached hydrogen (secondary N) is 2. The second kappa shape index (κ2) is 6.19. The minimum Gasteiger partial charge on any atom is -0.495 e. The van der Waals surface area contributed by atoms with E-state index in [-0.39, 0.29) is 6.03 Å². The van der Waals surface area contributed by atoms with Gasteiger partial charge in [-0.15, -0.1) is 0 Å². The van der Waals surface area contributed by atoms with Crippen molar-refractivity contribution in [2.24, 2.45) is 5.73 Å². The van der Waals surface area contributed by atoms with Gasteiger partial charge in [-0.1, -0.05) is 11.6 Å². The zero-order valence-electron chi connectivity index (χ0n) is 8.92. The Hall–Kier alpha value is -1.46. The van der Waals surface area contributed by atoms with Crippen LogP contribution < -0.4 is 21.1 Å². The van der Waals surface area contributed by atoms with Crippen LogP contribution in [-0.2, 0) is 0 Å². The Morgan fingerprint density at radius 1 is 1.56 bits per heavy atom. The Morgan fingerprint density at radius 2 is 2.31 bits per heavy atom. The predicted octanol–water partition coefficient (Wildman–Crippen LogP) is 1.43. The summed E-state index contributed by atoms with van der Waals surface area (Å²) in [7, 11) is 1.53. The zero-order chi connectivity index (χ0) is 12.0. The lowest BCUT2D eigenvalue weighted by Gasteiger charge is -2.08. The highest BCUT2D eigenvalue weighted by atomic mass is 35.5. The van der Waals surface area contributed by atoms with E-state index in [1.54, 1.807) is 18.2 Å². The summed E-state index contributed by atoms with van der Waals surface area (Å²) in [6, 6.07) is 4.68. The first-order chi connectivity index (χ1) is 7.67. The number of anilines is 1. The number of benzene rings is 1. The molecule has 5 nitrogen and oxygen atoms in total. The molecule has 0 atom stereocenters. The van der Waals surface area contributed by atoms with Crippen molar-refractivity contribution in [1.29, 1.82) is 0 Å². The Balaban J connectivity index is 2.61. The molecular weight excluding hydrogens is 230 g/mol. The second-order valence-corrected chi connectivity index (χ2v) is 3.43. The van der Waals surface area contributed by atoms with Crippen molar-refractivity contribution in [3.8, 4) is 5.75 Å². The lowest BCUT2D eigenvalue weighted by atomic mass is 10.3. The molecule has 0 aliphatic rings. The summed E-state index contributed by atoms with van der Waals surface area (Å²) in [6.45, 7) is 0.826. The van der Waals surface area contributed by atoms with Gasteiger partial charge < -0.3 is 21.1 Å². The van der Waals surface area contributed by atoms with E-state index in [1.807, 2.05) is 0 Å². The number of urea groups is 1. The van der Waals surface area contributed by atoms with Crippen LogP contribution in [0.5, 0.6) is 5.75 Å². The Bertz CT molecular complexity index is 371. The molecule has 0 unspecified atom stereocenters. The van der Waals surface area contributed by atoms with Crippen molar-refractivity contribution < 1.29 is 9.53 Å². The quantitative estimate of drug-likeness (QED) is 0.749. The lowest BCUT2D eigenvalue weighted by molar-refractivity contribution is 0.252. The van der Waals surface area contributed by atoms with Crippen molar-refractivity contribution in [1.82, 2.24) is 5.32 Å². The largest absolute Gasteiger partial charge is 0.495 e. The van der Waals surface area contributed by atoms with Gasteiger partial charge in [0.15, 0.2) is 0 Å². The van der Waals surface area contributed by atoms with Gasteiger partial charge in [0.05, 0.1) is 12.1 Å². The van der Waals surface area contributed by atoms with Gasteiger partial charge in [0.25, 0.3) is 0 Å². The zero-order valence-corrected chi connectivity index (χ0v) is 9.67. The van der Waals surface area contributed by atoms with Gasteiger partial charge in [0.2, 0.25) is 0 Å². The Kier molecular flexibility index (Phi) is 4.88. The second-order valence-electron chi connectivity index (χ2n) is 3.02. The highest BCUT2D eigenvalue weighted by molar-refractivity contribution is 6.32. The average molecular weight is 244 g/mol. The molecule has 0 saturated heterocycles. The van der Waals surface area contributed by atoms with Gasteiger partial charge in [-0.3, -0.25) is 0 Å². The number of halogens is 1. The third-order valence-electron chi connectivity index (χ3n) is 1.84. The number of hydrogen-bond acceptors (Lipinski definition) is 3. The molecule has 0 spiro atoms. The number of ether oxygens (including phenoxy) is 1. The first-order valence-electron chi connectivity index (χ1n) is 4.76. The van der Waals surface area contributed by atoms with Crippen LogP contribution in [0.4, 0.5) is 10.5 Å². The highest BCUT2D eigenvalue weighted by Gasteiger charge is 2.04. The van der Waals surface area contributed by atoms with Gasteiger partial charge in [-0.25, -0.2) is 4.79 Å². The minimum absolute atomic E-state index is 0.313. The van der Waals surface area contributed by atoms with Crippen LogP contribution >= 0.6 is 11.6 Å². The van der Waals surface area contributed by atoms with Crippen LogP contribution in [0.3, 0.4) is 0 Å². The molecule has 0 fully saturated rings. The molecule has 6 heteroatoms. The van der Waals surface area contributed by atoms with E-state index in [9.17, 15) is 4.79 Å². The molecule has 88 valence electrons. The molecular formula is C10H14ClN3O2. The molecule has 4 N–H and O–H groups in total. The van der Waals surface area contributed by atoms with E-state index < -0.39 is 0 Å². The fourth-order valence-corrected chi connectivity index (χ4v) is 1.36. The van der Waals surface area contributed by atoms with Crippen LogP contribution in [0.15, 0.2) is 18.2 Å². The SMILES string of the molecule is COc1ccc(NC(=O)NCCN)cc1Cl.